The predicted octanol–water partition coefficient (Wildman–Crippen LogP) is 2.41. The molecule has 0 saturated carbocycles. The van der Waals surface area contributed by atoms with E-state index in [9.17, 15) is 4.79 Å². The standard InChI is InChI=1S/C18H25N5O2S/c1-13(2)14-5-7-15(8-6-14)25-11-16-20-21-18(23(16)19)26-12-17(24)22-9-3-4-10-22/h5-8,13H,3-4,9-12,19H2,1-2H3. The van der Waals surface area contributed by atoms with E-state index in [-0.39, 0.29) is 12.5 Å². The minimum Gasteiger partial charge on any atom is -0.486 e. The van der Waals surface area contributed by atoms with Crippen LogP contribution in [0, 0.1) is 0 Å². The molecule has 7 nitrogen and oxygen atoms in total. The molecule has 1 fully saturated rings. The van der Waals surface area contributed by atoms with Crippen LogP contribution in [0.15, 0.2) is 29.4 Å². The number of likely N-dealkylation sites (tertiary alicyclic amines) is 1. The first-order valence-electron chi connectivity index (χ1n) is 8.87. The first-order chi connectivity index (χ1) is 12.5. The summed E-state index contributed by atoms with van der Waals surface area (Å²) in [5, 5.41) is 8.65. The maximum atomic E-state index is 12.1. The predicted molar refractivity (Wildman–Crippen MR) is 102 cm³/mol. The quantitative estimate of drug-likeness (QED) is 0.591. The van der Waals surface area contributed by atoms with Crippen molar-refractivity contribution >= 4 is 17.7 Å². The van der Waals surface area contributed by atoms with Gasteiger partial charge in [-0.2, -0.15) is 0 Å². The normalized spacial score (nSPS) is 14.2. The molecule has 2 heterocycles. The summed E-state index contributed by atoms with van der Waals surface area (Å²) in [4.78, 5) is 14.0. The second-order valence-electron chi connectivity index (χ2n) is 6.66. The summed E-state index contributed by atoms with van der Waals surface area (Å²) in [7, 11) is 0. The van der Waals surface area contributed by atoms with E-state index in [0.29, 0.717) is 22.7 Å². The Morgan fingerprint density at radius 2 is 1.92 bits per heavy atom. The lowest BCUT2D eigenvalue weighted by molar-refractivity contribution is -0.127. The molecule has 2 N–H and O–H groups in total. The Bertz CT molecular complexity index is 739. The fourth-order valence-electron chi connectivity index (χ4n) is 2.79. The van der Waals surface area contributed by atoms with E-state index in [1.807, 2.05) is 17.0 Å². The van der Waals surface area contributed by atoms with Crippen molar-refractivity contribution in [3.8, 4) is 5.75 Å². The van der Waals surface area contributed by atoms with Gasteiger partial charge < -0.3 is 15.5 Å². The number of benzene rings is 1. The molecule has 0 radical (unpaired) electrons. The van der Waals surface area contributed by atoms with E-state index in [1.54, 1.807) is 0 Å². The van der Waals surface area contributed by atoms with Gasteiger partial charge in [0.2, 0.25) is 11.1 Å². The van der Waals surface area contributed by atoms with E-state index < -0.39 is 0 Å². The summed E-state index contributed by atoms with van der Waals surface area (Å²) in [6.45, 7) is 6.23. The Morgan fingerprint density at radius 1 is 1.23 bits per heavy atom. The minimum absolute atomic E-state index is 0.124. The lowest BCUT2D eigenvalue weighted by Gasteiger charge is -2.14. The molecule has 1 amide bonds. The maximum absolute atomic E-state index is 12.1. The highest BCUT2D eigenvalue weighted by atomic mass is 32.2. The van der Waals surface area contributed by atoms with Gasteiger partial charge in [0.25, 0.3) is 0 Å². The molecule has 1 aromatic heterocycles. The Kier molecular flexibility index (Phi) is 6.03. The van der Waals surface area contributed by atoms with Gasteiger partial charge in [0.05, 0.1) is 5.75 Å². The van der Waals surface area contributed by atoms with Crippen LogP contribution in [0.25, 0.3) is 0 Å². The molecule has 8 heteroatoms. The molecule has 1 aliphatic rings. The lowest BCUT2D eigenvalue weighted by Crippen LogP contribution is -2.29. The van der Waals surface area contributed by atoms with Crippen LogP contribution in [0.5, 0.6) is 5.75 Å². The summed E-state index contributed by atoms with van der Waals surface area (Å²) >= 11 is 1.31. The molecule has 1 aromatic carbocycles. The van der Waals surface area contributed by atoms with Gasteiger partial charge in [0.1, 0.15) is 12.4 Å². The van der Waals surface area contributed by atoms with Gasteiger partial charge in [-0.25, -0.2) is 4.68 Å². The first-order valence-corrected chi connectivity index (χ1v) is 9.86. The number of carbonyl (C=O) groups excluding carboxylic acids is 1. The molecule has 0 bridgehead atoms. The van der Waals surface area contributed by atoms with Crippen LogP contribution < -0.4 is 10.6 Å². The van der Waals surface area contributed by atoms with Crippen LogP contribution in [-0.2, 0) is 11.4 Å². The average Bonchev–Trinajstić information content (AvgIpc) is 3.29. The van der Waals surface area contributed by atoms with Crippen LogP contribution in [0.2, 0.25) is 0 Å². The van der Waals surface area contributed by atoms with E-state index in [1.165, 1.54) is 22.0 Å². The third-order valence-electron chi connectivity index (χ3n) is 4.43. The van der Waals surface area contributed by atoms with E-state index in [0.717, 1.165) is 31.7 Å². The van der Waals surface area contributed by atoms with Gasteiger partial charge in [0, 0.05) is 13.1 Å². The molecule has 1 saturated heterocycles. The Hall–Kier alpha value is -2.22. The van der Waals surface area contributed by atoms with Crippen molar-refractivity contribution in [3.63, 3.8) is 0 Å². The molecule has 0 spiro atoms. The fraction of sp³-hybridized carbons (Fsp3) is 0.500. The van der Waals surface area contributed by atoms with Gasteiger partial charge in [0.15, 0.2) is 5.82 Å². The third-order valence-corrected chi connectivity index (χ3v) is 5.36. The number of nitrogen functional groups attached to an aromatic ring is 1. The van der Waals surface area contributed by atoms with Crippen molar-refractivity contribution in [2.45, 2.75) is 44.4 Å². The number of nitrogens with zero attached hydrogens (tertiary/aromatic N) is 4. The SMILES string of the molecule is CC(C)c1ccc(OCc2nnc(SCC(=O)N3CCCC3)n2N)cc1. The Labute approximate surface area is 157 Å². The highest BCUT2D eigenvalue weighted by Gasteiger charge is 2.19. The van der Waals surface area contributed by atoms with Crippen molar-refractivity contribution in [1.29, 1.82) is 0 Å². The second-order valence-corrected chi connectivity index (χ2v) is 7.60. The number of amides is 1. The molecule has 2 aromatic rings. The van der Waals surface area contributed by atoms with Crippen molar-refractivity contribution in [2.75, 3.05) is 24.7 Å². The topological polar surface area (TPSA) is 86.3 Å². The van der Waals surface area contributed by atoms with E-state index >= 15 is 0 Å². The van der Waals surface area contributed by atoms with E-state index in [4.69, 9.17) is 10.6 Å². The zero-order valence-corrected chi connectivity index (χ0v) is 16.0. The summed E-state index contributed by atoms with van der Waals surface area (Å²) in [6.07, 6.45) is 2.17. The number of aromatic nitrogens is 3. The molecule has 0 aliphatic carbocycles. The fourth-order valence-corrected chi connectivity index (χ4v) is 3.56. The molecule has 0 unspecified atom stereocenters. The third kappa shape index (κ3) is 4.49. The second kappa shape index (κ2) is 8.44. The minimum atomic E-state index is 0.124. The van der Waals surface area contributed by atoms with Crippen molar-refractivity contribution in [2.24, 2.45) is 0 Å². The zero-order chi connectivity index (χ0) is 18.5. The van der Waals surface area contributed by atoms with Crippen LogP contribution >= 0.6 is 11.8 Å². The lowest BCUT2D eigenvalue weighted by atomic mass is 10.0. The maximum Gasteiger partial charge on any atom is 0.233 e. The van der Waals surface area contributed by atoms with Crippen LogP contribution in [0.1, 0.15) is 44.0 Å². The average molecular weight is 375 g/mol. The molecule has 1 aliphatic heterocycles. The molecule has 3 rings (SSSR count). The zero-order valence-electron chi connectivity index (χ0n) is 15.2. The largest absolute Gasteiger partial charge is 0.486 e. The van der Waals surface area contributed by atoms with Crippen molar-refractivity contribution in [3.05, 3.63) is 35.7 Å². The Balaban J connectivity index is 1.52. The van der Waals surface area contributed by atoms with Gasteiger partial charge in [-0.15, -0.1) is 10.2 Å². The van der Waals surface area contributed by atoms with Gasteiger partial charge in [-0.1, -0.05) is 37.7 Å². The molecular formula is C18H25N5O2S. The number of hydrogen-bond acceptors (Lipinski definition) is 6. The van der Waals surface area contributed by atoms with Gasteiger partial charge >= 0.3 is 0 Å². The summed E-state index contributed by atoms with van der Waals surface area (Å²) in [5.74, 6) is 8.25. The highest BCUT2D eigenvalue weighted by molar-refractivity contribution is 7.99. The smallest absolute Gasteiger partial charge is 0.233 e. The number of nitrogens with two attached hydrogens (primary N) is 1. The van der Waals surface area contributed by atoms with Gasteiger partial charge in [-0.05, 0) is 36.5 Å². The van der Waals surface area contributed by atoms with Crippen LogP contribution in [0.4, 0.5) is 0 Å². The Morgan fingerprint density at radius 3 is 2.58 bits per heavy atom. The summed E-state index contributed by atoms with van der Waals surface area (Å²) in [5.41, 5.74) is 1.26. The monoisotopic (exact) mass is 375 g/mol. The summed E-state index contributed by atoms with van der Waals surface area (Å²) in [6, 6.07) is 7.99. The number of ether oxygens (including phenoxy) is 1. The van der Waals surface area contributed by atoms with E-state index in [2.05, 4.69) is 36.2 Å². The first kappa shape index (κ1) is 18.6. The number of rotatable bonds is 7. The van der Waals surface area contributed by atoms with Gasteiger partial charge in [-0.3, -0.25) is 4.79 Å². The molecule has 0 atom stereocenters. The van der Waals surface area contributed by atoms with Crippen molar-refractivity contribution in [1.82, 2.24) is 19.8 Å². The molecular weight excluding hydrogens is 350 g/mol. The van der Waals surface area contributed by atoms with Crippen LogP contribution in [0.3, 0.4) is 0 Å². The number of carbonyl (C=O) groups is 1. The van der Waals surface area contributed by atoms with Crippen molar-refractivity contribution < 1.29 is 9.53 Å². The number of thioether (sulfide) groups is 1. The summed E-state index contributed by atoms with van der Waals surface area (Å²) < 4.78 is 7.13. The number of hydrogen-bond donors (Lipinski definition) is 1. The highest BCUT2D eigenvalue weighted by Crippen LogP contribution is 2.20. The molecule has 140 valence electrons. The van der Waals surface area contributed by atoms with Crippen LogP contribution in [-0.4, -0.2) is 44.5 Å². The molecule has 26 heavy (non-hydrogen) atoms.